The number of rotatable bonds is 6. The lowest BCUT2D eigenvalue weighted by molar-refractivity contribution is 0.0788. The maximum absolute atomic E-state index is 13.0. The molecule has 1 heterocycles. The standard InChI is InChI=1S/C23H21FN2O3/c1-28-22-14-26(15-22)19-9-7-18(8-10-19)25-23(27)16-3-2-4-21(13-16)29-20-11-5-17(24)6-12-20/h2-13,22H,14-15H2,1H3,(H,25,27). The molecule has 1 saturated heterocycles. The van der Waals surface area contributed by atoms with Gasteiger partial charge in [-0.15, -0.1) is 0 Å². The number of nitrogens with zero attached hydrogens (tertiary/aromatic N) is 1. The maximum Gasteiger partial charge on any atom is 0.255 e. The number of methoxy groups -OCH3 is 1. The summed E-state index contributed by atoms with van der Waals surface area (Å²) in [5, 5.41) is 2.89. The molecule has 4 rings (SSSR count). The van der Waals surface area contributed by atoms with E-state index in [1.807, 2.05) is 24.3 Å². The lowest BCUT2D eigenvalue weighted by atomic mass is 10.1. The van der Waals surface area contributed by atoms with Gasteiger partial charge >= 0.3 is 0 Å². The first-order valence-corrected chi connectivity index (χ1v) is 9.33. The van der Waals surface area contributed by atoms with Crippen molar-refractivity contribution in [2.24, 2.45) is 0 Å². The van der Waals surface area contributed by atoms with Crippen molar-refractivity contribution in [3.05, 3.63) is 84.2 Å². The average Bonchev–Trinajstić information content (AvgIpc) is 2.70. The number of benzene rings is 3. The van der Waals surface area contributed by atoms with Crippen LogP contribution in [0.15, 0.2) is 72.8 Å². The summed E-state index contributed by atoms with van der Waals surface area (Å²) in [6.45, 7) is 1.76. The number of ether oxygens (including phenoxy) is 2. The first kappa shape index (κ1) is 19.0. The zero-order chi connectivity index (χ0) is 20.2. The Bertz CT molecular complexity index is 984. The topological polar surface area (TPSA) is 50.8 Å². The van der Waals surface area contributed by atoms with E-state index in [4.69, 9.17) is 9.47 Å². The molecule has 0 unspecified atom stereocenters. The van der Waals surface area contributed by atoms with E-state index in [0.29, 0.717) is 28.9 Å². The first-order chi connectivity index (χ1) is 14.1. The summed E-state index contributed by atoms with van der Waals surface area (Å²) in [4.78, 5) is 14.8. The molecule has 0 aliphatic carbocycles. The molecule has 6 heteroatoms. The molecule has 148 valence electrons. The Morgan fingerprint density at radius 2 is 1.72 bits per heavy atom. The second-order valence-corrected chi connectivity index (χ2v) is 6.85. The summed E-state index contributed by atoms with van der Waals surface area (Å²) in [6.07, 6.45) is 0.291. The van der Waals surface area contributed by atoms with Crippen molar-refractivity contribution >= 4 is 17.3 Å². The zero-order valence-electron chi connectivity index (χ0n) is 16.0. The molecule has 0 atom stereocenters. The van der Waals surface area contributed by atoms with Crippen LogP contribution in [0.1, 0.15) is 10.4 Å². The van der Waals surface area contributed by atoms with Crippen molar-refractivity contribution in [3.8, 4) is 11.5 Å². The molecule has 0 bridgehead atoms. The van der Waals surface area contributed by atoms with Gasteiger partial charge in [-0.2, -0.15) is 0 Å². The van der Waals surface area contributed by atoms with Gasteiger partial charge in [0.05, 0.1) is 6.10 Å². The highest BCUT2D eigenvalue weighted by molar-refractivity contribution is 6.04. The number of hydrogen-bond acceptors (Lipinski definition) is 4. The predicted octanol–water partition coefficient (Wildman–Crippen LogP) is 4.71. The third-order valence-electron chi connectivity index (χ3n) is 4.82. The van der Waals surface area contributed by atoms with E-state index in [1.165, 1.54) is 24.3 Å². The number of anilines is 2. The van der Waals surface area contributed by atoms with Crippen molar-refractivity contribution in [1.29, 1.82) is 0 Å². The van der Waals surface area contributed by atoms with Crippen molar-refractivity contribution in [1.82, 2.24) is 0 Å². The van der Waals surface area contributed by atoms with Gasteiger partial charge < -0.3 is 19.7 Å². The van der Waals surface area contributed by atoms with E-state index in [0.717, 1.165) is 18.8 Å². The van der Waals surface area contributed by atoms with Crippen LogP contribution in [-0.4, -0.2) is 32.2 Å². The molecule has 1 amide bonds. The maximum atomic E-state index is 13.0. The summed E-state index contributed by atoms with van der Waals surface area (Å²) in [7, 11) is 1.72. The van der Waals surface area contributed by atoms with Crippen LogP contribution in [-0.2, 0) is 4.74 Å². The Kier molecular flexibility index (Phi) is 5.44. The fraction of sp³-hybridized carbons (Fsp3) is 0.174. The predicted molar refractivity (Wildman–Crippen MR) is 110 cm³/mol. The van der Waals surface area contributed by atoms with E-state index < -0.39 is 0 Å². The number of halogens is 1. The van der Waals surface area contributed by atoms with Gasteiger partial charge in [0.2, 0.25) is 0 Å². The zero-order valence-corrected chi connectivity index (χ0v) is 16.0. The largest absolute Gasteiger partial charge is 0.457 e. The molecular weight excluding hydrogens is 371 g/mol. The molecule has 29 heavy (non-hydrogen) atoms. The molecule has 0 saturated carbocycles. The molecule has 1 N–H and O–H groups in total. The Morgan fingerprint density at radius 1 is 1.00 bits per heavy atom. The molecular formula is C23H21FN2O3. The molecule has 3 aromatic rings. The minimum absolute atomic E-state index is 0.231. The second-order valence-electron chi connectivity index (χ2n) is 6.85. The van der Waals surface area contributed by atoms with Gasteiger partial charge in [-0.3, -0.25) is 4.79 Å². The molecule has 0 aromatic heterocycles. The Labute approximate surface area is 168 Å². The molecule has 5 nitrogen and oxygen atoms in total. The fourth-order valence-corrected chi connectivity index (χ4v) is 3.10. The van der Waals surface area contributed by atoms with Crippen LogP contribution in [0.2, 0.25) is 0 Å². The van der Waals surface area contributed by atoms with Crippen molar-refractivity contribution in [3.63, 3.8) is 0 Å². The van der Waals surface area contributed by atoms with Gasteiger partial charge in [-0.25, -0.2) is 4.39 Å². The minimum Gasteiger partial charge on any atom is -0.457 e. The molecule has 0 spiro atoms. The summed E-state index contributed by atoms with van der Waals surface area (Å²) in [6, 6.07) is 20.3. The molecule has 1 fully saturated rings. The van der Waals surface area contributed by atoms with Crippen molar-refractivity contribution in [2.75, 3.05) is 30.4 Å². The summed E-state index contributed by atoms with van der Waals surface area (Å²) < 4.78 is 24.0. The highest BCUT2D eigenvalue weighted by atomic mass is 19.1. The smallest absolute Gasteiger partial charge is 0.255 e. The van der Waals surface area contributed by atoms with Crippen LogP contribution in [0.5, 0.6) is 11.5 Å². The minimum atomic E-state index is -0.330. The van der Waals surface area contributed by atoms with E-state index in [9.17, 15) is 9.18 Å². The van der Waals surface area contributed by atoms with E-state index >= 15 is 0 Å². The lowest BCUT2D eigenvalue weighted by Gasteiger charge is -2.40. The summed E-state index contributed by atoms with van der Waals surface area (Å²) in [5.41, 5.74) is 2.29. The lowest BCUT2D eigenvalue weighted by Crippen LogP contribution is -2.51. The van der Waals surface area contributed by atoms with Gasteiger partial charge in [-0.05, 0) is 66.7 Å². The quantitative estimate of drug-likeness (QED) is 0.660. The van der Waals surface area contributed by atoms with Crippen molar-refractivity contribution < 1.29 is 18.7 Å². The van der Waals surface area contributed by atoms with Gasteiger partial charge in [0.25, 0.3) is 5.91 Å². The number of hydrogen-bond donors (Lipinski definition) is 1. The molecule has 3 aromatic carbocycles. The molecule has 1 aliphatic heterocycles. The summed E-state index contributed by atoms with van der Waals surface area (Å²) >= 11 is 0. The summed E-state index contributed by atoms with van der Waals surface area (Å²) in [5.74, 6) is 0.446. The number of nitrogens with one attached hydrogen (secondary N) is 1. The van der Waals surface area contributed by atoms with Crippen molar-refractivity contribution in [2.45, 2.75) is 6.10 Å². The van der Waals surface area contributed by atoms with Crippen LogP contribution in [0, 0.1) is 5.82 Å². The third-order valence-corrected chi connectivity index (χ3v) is 4.82. The molecule has 1 aliphatic rings. The highest BCUT2D eigenvalue weighted by Gasteiger charge is 2.26. The van der Waals surface area contributed by atoms with Gasteiger partial charge in [-0.1, -0.05) is 6.07 Å². The van der Waals surface area contributed by atoms with Crippen LogP contribution in [0.3, 0.4) is 0 Å². The van der Waals surface area contributed by atoms with Crippen LogP contribution < -0.4 is 15.0 Å². The second kappa shape index (κ2) is 8.32. The molecule has 0 radical (unpaired) electrons. The average molecular weight is 392 g/mol. The Morgan fingerprint density at radius 3 is 2.41 bits per heavy atom. The highest BCUT2D eigenvalue weighted by Crippen LogP contribution is 2.25. The number of carbonyl (C=O) groups is 1. The van der Waals surface area contributed by atoms with E-state index in [1.54, 1.807) is 31.4 Å². The van der Waals surface area contributed by atoms with Crippen LogP contribution in [0.25, 0.3) is 0 Å². The fourth-order valence-electron chi connectivity index (χ4n) is 3.10. The Hall–Kier alpha value is -3.38. The third kappa shape index (κ3) is 4.55. The van der Waals surface area contributed by atoms with Gasteiger partial charge in [0, 0.05) is 37.1 Å². The van der Waals surface area contributed by atoms with Crippen LogP contribution in [0.4, 0.5) is 15.8 Å². The number of carbonyl (C=O) groups excluding carboxylic acids is 1. The monoisotopic (exact) mass is 392 g/mol. The van der Waals surface area contributed by atoms with Gasteiger partial charge in [0.1, 0.15) is 17.3 Å². The van der Waals surface area contributed by atoms with E-state index in [2.05, 4.69) is 10.2 Å². The first-order valence-electron chi connectivity index (χ1n) is 9.33. The van der Waals surface area contributed by atoms with Gasteiger partial charge in [0.15, 0.2) is 0 Å². The normalized spacial score (nSPS) is 13.7. The van der Waals surface area contributed by atoms with Crippen LogP contribution >= 0.6 is 0 Å². The SMILES string of the molecule is COC1CN(c2ccc(NC(=O)c3cccc(Oc4ccc(F)cc4)c3)cc2)C1. The Balaban J connectivity index is 1.39. The number of amides is 1. The van der Waals surface area contributed by atoms with E-state index in [-0.39, 0.29) is 11.7 Å².